The van der Waals surface area contributed by atoms with Gasteiger partial charge >= 0.3 is 0 Å². The van der Waals surface area contributed by atoms with Crippen molar-refractivity contribution < 1.29 is 0 Å². The molecule has 1 aliphatic rings. The van der Waals surface area contributed by atoms with E-state index in [2.05, 4.69) is 18.4 Å². The first-order valence-corrected chi connectivity index (χ1v) is 5.81. The minimum atomic E-state index is 0.219. The van der Waals surface area contributed by atoms with Crippen molar-refractivity contribution in [2.45, 2.75) is 25.8 Å². The van der Waals surface area contributed by atoms with Crippen molar-refractivity contribution in [2.75, 3.05) is 0 Å². The number of nitrogens with one attached hydrogen (secondary N) is 1. The van der Waals surface area contributed by atoms with Gasteiger partial charge < -0.3 is 0 Å². The van der Waals surface area contributed by atoms with Gasteiger partial charge in [-0.2, -0.15) is 0 Å². The smallest absolute Gasteiger partial charge is 0.0488 e. The van der Waals surface area contributed by atoms with E-state index in [0.29, 0.717) is 5.92 Å². The molecule has 0 saturated heterocycles. The zero-order chi connectivity index (χ0) is 10.8. The molecule has 0 aliphatic heterocycles. The highest BCUT2D eigenvalue weighted by atomic mass is 35.5. The maximum atomic E-state index is 5.98. The zero-order valence-electron chi connectivity index (χ0n) is 8.91. The maximum absolute atomic E-state index is 5.98. The summed E-state index contributed by atoms with van der Waals surface area (Å²) in [5.74, 6) is 7.03. The lowest BCUT2D eigenvalue weighted by molar-refractivity contribution is 0.354. The summed E-state index contributed by atoms with van der Waals surface area (Å²) in [5, 5.41) is 0.774. The van der Waals surface area contributed by atoms with Crippen molar-refractivity contribution in [3.8, 4) is 0 Å². The largest absolute Gasteiger partial charge is 0.271 e. The van der Waals surface area contributed by atoms with Crippen LogP contribution in [-0.4, -0.2) is 0 Å². The van der Waals surface area contributed by atoms with Crippen LogP contribution in [0.4, 0.5) is 0 Å². The van der Waals surface area contributed by atoms with Crippen LogP contribution in [0.2, 0.25) is 5.02 Å². The SMILES string of the molecule is CC(C1CC1)C(NN)c1cccc(Cl)c1. The number of hydrogen-bond acceptors (Lipinski definition) is 2. The van der Waals surface area contributed by atoms with Gasteiger partial charge in [0, 0.05) is 11.1 Å². The maximum Gasteiger partial charge on any atom is 0.0488 e. The standard InChI is InChI=1S/C12H17ClN2/c1-8(9-5-6-9)12(15-14)10-3-2-4-11(13)7-10/h2-4,7-9,12,15H,5-6,14H2,1H3. The first kappa shape index (κ1) is 10.9. The van der Waals surface area contributed by atoms with Gasteiger partial charge in [0.05, 0.1) is 0 Å². The highest BCUT2D eigenvalue weighted by Crippen LogP contribution is 2.42. The van der Waals surface area contributed by atoms with Crippen molar-refractivity contribution in [1.29, 1.82) is 0 Å². The first-order chi connectivity index (χ1) is 7.22. The molecule has 0 radical (unpaired) electrons. The van der Waals surface area contributed by atoms with Crippen molar-refractivity contribution in [1.82, 2.24) is 5.43 Å². The molecule has 1 aromatic carbocycles. The van der Waals surface area contributed by atoms with Crippen molar-refractivity contribution >= 4 is 11.6 Å². The van der Waals surface area contributed by atoms with Crippen LogP contribution in [0.1, 0.15) is 31.4 Å². The Morgan fingerprint density at radius 3 is 2.73 bits per heavy atom. The van der Waals surface area contributed by atoms with E-state index in [1.165, 1.54) is 18.4 Å². The Morgan fingerprint density at radius 1 is 1.47 bits per heavy atom. The summed E-state index contributed by atoms with van der Waals surface area (Å²) in [6, 6.07) is 8.15. The molecular formula is C12H17ClN2. The third-order valence-corrected chi connectivity index (χ3v) is 3.51. The Kier molecular flexibility index (Phi) is 3.29. The lowest BCUT2D eigenvalue weighted by atomic mass is 9.91. The van der Waals surface area contributed by atoms with Crippen LogP contribution in [0.15, 0.2) is 24.3 Å². The van der Waals surface area contributed by atoms with Gasteiger partial charge in [0.1, 0.15) is 0 Å². The van der Waals surface area contributed by atoms with E-state index in [-0.39, 0.29) is 6.04 Å². The van der Waals surface area contributed by atoms with Gasteiger partial charge in [0.15, 0.2) is 0 Å². The molecular weight excluding hydrogens is 208 g/mol. The fourth-order valence-electron chi connectivity index (χ4n) is 2.15. The number of hydrazine groups is 1. The van der Waals surface area contributed by atoms with Crippen molar-refractivity contribution in [3.63, 3.8) is 0 Å². The Labute approximate surface area is 95.8 Å². The molecule has 1 saturated carbocycles. The second kappa shape index (κ2) is 4.52. The quantitative estimate of drug-likeness (QED) is 0.610. The lowest BCUT2D eigenvalue weighted by Crippen LogP contribution is -2.33. The molecule has 0 bridgehead atoms. The fourth-order valence-corrected chi connectivity index (χ4v) is 2.34. The minimum absolute atomic E-state index is 0.219. The minimum Gasteiger partial charge on any atom is -0.271 e. The molecule has 2 unspecified atom stereocenters. The Hall–Kier alpha value is -0.570. The van der Waals surface area contributed by atoms with E-state index < -0.39 is 0 Å². The summed E-state index contributed by atoms with van der Waals surface area (Å²) >= 11 is 5.98. The molecule has 3 N–H and O–H groups in total. The summed E-state index contributed by atoms with van der Waals surface area (Å²) in [6.07, 6.45) is 2.67. The average Bonchev–Trinajstić information content (AvgIpc) is 3.02. The van der Waals surface area contributed by atoms with Gasteiger partial charge in [0.2, 0.25) is 0 Å². The topological polar surface area (TPSA) is 38.0 Å². The van der Waals surface area contributed by atoms with Crippen LogP contribution < -0.4 is 11.3 Å². The molecule has 2 rings (SSSR count). The van der Waals surface area contributed by atoms with E-state index in [1.54, 1.807) is 0 Å². The molecule has 0 amide bonds. The molecule has 0 aromatic heterocycles. The molecule has 1 aromatic rings. The fraction of sp³-hybridized carbons (Fsp3) is 0.500. The summed E-state index contributed by atoms with van der Waals surface area (Å²) in [5.41, 5.74) is 4.09. The number of halogens is 1. The normalized spacial score (nSPS) is 19.9. The number of hydrogen-bond donors (Lipinski definition) is 2. The van der Waals surface area contributed by atoms with E-state index in [0.717, 1.165) is 10.9 Å². The van der Waals surface area contributed by atoms with E-state index >= 15 is 0 Å². The van der Waals surface area contributed by atoms with E-state index in [1.807, 2.05) is 18.2 Å². The molecule has 3 heteroatoms. The average molecular weight is 225 g/mol. The van der Waals surface area contributed by atoms with Gasteiger partial charge in [-0.25, -0.2) is 0 Å². The summed E-state index contributed by atoms with van der Waals surface area (Å²) in [7, 11) is 0. The summed E-state index contributed by atoms with van der Waals surface area (Å²) < 4.78 is 0. The number of rotatable bonds is 4. The van der Waals surface area contributed by atoms with Crippen molar-refractivity contribution in [3.05, 3.63) is 34.9 Å². The predicted molar refractivity (Wildman–Crippen MR) is 63.4 cm³/mol. The van der Waals surface area contributed by atoms with E-state index in [4.69, 9.17) is 17.4 Å². The third kappa shape index (κ3) is 2.51. The summed E-state index contributed by atoms with van der Waals surface area (Å²) in [4.78, 5) is 0. The zero-order valence-corrected chi connectivity index (χ0v) is 9.67. The van der Waals surface area contributed by atoms with Crippen LogP contribution in [0.25, 0.3) is 0 Å². The molecule has 1 aliphatic carbocycles. The number of benzene rings is 1. The van der Waals surface area contributed by atoms with Gasteiger partial charge in [-0.05, 0) is 42.4 Å². The second-order valence-electron chi connectivity index (χ2n) is 4.40. The molecule has 0 heterocycles. The molecule has 0 spiro atoms. The predicted octanol–water partition coefficient (Wildman–Crippen LogP) is 2.89. The van der Waals surface area contributed by atoms with E-state index in [9.17, 15) is 0 Å². The van der Waals surface area contributed by atoms with Crippen LogP contribution >= 0.6 is 11.6 Å². The Balaban J connectivity index is 2.17. The summed E-state index contributed by atoms with van der Waals surface area (Å²) in [6.45, 7) is 2.25. The van der Waals surface area contributed by atoms with Crippen LogP contribution in [0, 0.1) is 11.8 Å². The molecule has 82 valence electrons. The third-order valence-electron chi connectivity index (χ3n) is 3.28. The number of nitrogens with two attached hydrogens (primary N) is 1. The highest BCUT2D eigenvalue weighted by molar-refractivity contribution is 6.30. The van der Waals surface area contributed by atoms with Crippen LogP contribution in [0.5, 0.6) is 0 Å². The Morgan fingerprint density at radius 2 is 2.20 bits per heavy atom. The lowest BCUT2D eigenvalue weighted by Gasteiger charge is -2.23. The van der Waals surface area contributed by atoms with Gasteiger partial charge in [-0.3, -0.25) is 11.3 Å². The first-order valence-electron chi connectivity index (χ1n) is 5.44. The molecule has 2 atom stereocenters. The molecule has 15 heavy (non-hydrogen) atoms. The molecule has 2 nitrogen and oxygen atoms in total. The van der Waals surface area contributed by atoms with Gasteiger partial charge in [-0.15, -0.1) is 0 Å². The Bertz CT molecular complexity index is 336. The monoisotopic (exact) mass is 224 g/mol. The van der Waals surface area contributed by atoms with Crippen LogP contribution in [0.3, 0.4) is 0 Å². The highest BCUT2D eigenvalue weighted by Gasteiger charge is 2.33. The van der Waals surface area contributed by atoms with Crippen LogP contribution in [-0.2, 0) is 0 Å². The van der Waals surface area contributed by atoms with Crippen molar-refractivity contribution in [2.24, 2.45) is 17.7 Å². The molecule has 1 fully saturated rings. The van der Waals surface area contributed by atoms with Gasteiger partial charge in [-0.1, -0.05) is 30.7 Å². The van der Waals surface area contributed by atoms with Gasteiger partial charge in [0.25, 0.3) is 0 Å². The second-order valence-corrected chi connectivity index (χ2v) is 4.83.